The lowest BCUT2D eigenvalue weighted by atomic mass is 10.2. The number of nitrogens with zero attached hydrogens (tertiary/aromatic N) is 6. The van der Waals surface area contributed by atoms with Gasteiger partial charge in [0, 0.05) is 50.8 Å². The normalized spacial score (nSPS) is 13.9. The minimum absolute atomic E-state index is 0.172. The van der Waals surface area contributed by atoms with E-state index >= 15 is 0 Å². The molecule has 0 aliphatic carbocycles. The Morgan fingerprint density at radius 1 is 1.07 bits per heavy atom. The Labute approximate surface area is 175 Å². The van der Waals surface area contributed by atoms with Gasteiger partial charge in [0.2, 0.25) is 11.9 Å². The van der Waals surface area contributed by atoms with Crippen LogP contribution in [0.5, 0.6) is 0 Å². The first-order valence-corrected chi connectivity index (χ1v) is 9.87. The highest BCUT2D eigenvalue weighted by Crippen LogP contribution is 2.15. The van der Waals surface area contributed by atoms with Crippen molar-refractivity contribution in [2.24, 2.45) is 0 Å². The zero-order chi connectivity index (χ0) is 20.9. The molecule has 1 saturated heterocycles. The maximum atomic E-state index is 12.6. The van der Waals surface area contributed by atoms with Crippen LogP contribution in [0.15, 0.2) is 48.8 Å². The smallest absolute Gasteiger partial charge is 0.251 e. The molecule has 0 saturated carbocycles. The molecule has 3 heterocycles. The van der Waals surface area contributed by atoms with E-state index in [2.05, 4.69) is 25.2 Å². The Kier molecular flexibility index (Phi) is 5.89. The molecule has 1 aliphatic heterocycles. The summed E-state index contributed by atoms with van der Waals surface area (Å²) in [5.74, 6) is 1.52. The lowest BCUT2D eigenvalue weighted by Gasteiger charge is -2.27. The molecule has 156 valence electrons. The molecule has 0 unspecified atom stereocenters. The Hall–Kier alpha value is -3.46. The number of carbonyl (C=O) groups is 1. The lowest BCUT2D eigenvalue weighted by molar-refractivity contribution is 0.0950. The number of amides is 1. The summed E-state index contributed by atoms with van der Waals surface area (Å²) in [6, 6.07) is 11.4. The van der Waals surface area contributed by atoms with Crippen molar-refractivity contribution in [2.45, 2.75) is 6.54 Å². The fourth-order valence-corrected chi connectivity index (χ4v) is 3.13. The molecule has 1 amide bonds. The van der Waals surface area contributed by atoms with Crippen molar-refractivity contribution in [3.05, 3.63) is 60.2 Å². The maximum Gasteiger partial charge on any atom is 0.251 e. The van der Waals surface area contributed by atoms with Crippen molar-refractivity contribution >= 4 is 17.8 Å². The van der Waals surface area contributed by atoms with Gasteiger partial charge in [-0.3, -0.25) is 4.79 Å². The molecule has 0 bridgehead atoms. The van der Waals surface area contributed by atoms with E-state index < -0.39 is 0 Å². The van der Waals surface area contributed by atoms with E-state index in [-0.39, 0.29) is 12.5 Å². The van der Waals surface area contributed by atoms with Gasteiger partial charge >= 0.3 is 0 Å². The van der Waals surface area contributed by atoms with Crippen LogP contribution in [0, 0.1) is 0 Å². The van der Waals surface area contributed by atoms with Crippen molar-refractivity contribution in [1.82, 2.24) is 24.8 Å². The van der Waals surface area contributed by atoms with Gasteiger partial charge in [0.05, 0.1) is 19.8 Å². The van der Waals surface area contributed by atoms with E-state index in [1.54, 1.807) is 0 Å². The fraction of sp³-hybridized carbons (Fsp3) is 0.333. The predicted octanol–water partition coefficient (Wildman–Crippen LogP) is 1.49. The first-order chi connectivity index (χ1) is 14.6. The van der Waals surface area contributed by atoms with Crippen molar-refractivity contribution in [3.63, 3.8) is 0 Å². The monoisotopic (exact) mass is 407 g/mol. The number of ether oxygens (including phenoxy) is 1. The number of morpholine rings is 1. The van der Waals surface area contributed by atoms with Gasteiger partial charge in [-0.15, -0.1) is 0 Å². The van der Waals surface area contributed by atoms with Gasteiger partial charge in [-0.25, -0.2) is 0 Å². The van der Waals surface area contributed by atoms with E-state index in [0.29, 0.717) is 36.5 Å². The standard InChI is InChI=1S/C21H25N7O2/c1-26(2)20-23-18(24-21(25-20)28-11-13-30-14-12-28)15-22-19(29)16-5-7-17(8-6-16)27-9-3-4-10-27/h3-10H,11-15H2,1-2H3,(H,22,29). The van der Waals surface area contributed by atoms with E-state index in [1.165, 1.54) is 0 Å². The summed E-state index contributed by atoms with van der Waals surface area (Å²) in [5, 5.41) is 2.91. The molecule has 1 N–H and O–H groups in total. The summed E-state index contributed by atoms with van der Waals surface area (Å²) < 4.78 is 7.40. The van der Waals surface area contributed by atoms with Crippen LogP contribution in [0.4, 0.5) is 11.9 Å². The molecule has 1 aliphatic rings. The molecule has 30 heavy (non-hydrogen) atoms. The van der Waals surface area contributed by atoms with Crippen LogP contribution in [0.1, 0.15) is 16.2 Å². The molecule has 1 aromatic carbocycles. The highest BCUT2D eigenvalue weighted by atomic mass is 16.5. The van der Waals surface area contributed by atoms with Crippen molar-refractivity contribution < 1.29 is 9.53 Å². The van der Waals surface area contributed by atoms with Gasteiger partial charge in [-0.2, -0.15) is 15.0 Å². The van der Waals surface area contributed by atoms with Gasteiger partial charge in [0.15, 0.2) is 5.82 Å². The Bertz CT molecular complexity index is 981. The molecule has 2 aromatic heterocycles. The molecular formula is C21H25N7O2. The zero-order valence-corrected chi connectivity index (χ0v) is 17.2. The number of anilines is 2. The second-order valence-corrected chi connectivity index (χ2v) is 7.17. The van der Waals surface area contributed by atoms with Crippen LogP contribution < -0.4 is 15.1 Å². The zero-order valence-electron chi connectivity index (χ0n) is 17.2. The van der Waals surface area contributed by atoms with Crippen LogP contribution in [0.3, 0.4) is 0 Å². The van der Waals surface area contributed by atoms with Crippen LogP contribution in [-0.4, -0.2) is 65.8 Å². The third-order valence-corrected chi connectivity index (χ3v) is 4.79. The largest absolute Gasteiger partial charge is 0.378 e. The molecule has 0 spiro atoms. The number of nitrogens with one attached hydrogen (secondary N) is 1. The average molecular weight is 407 g/mol. The summed E-state index contributed by atoms with van der Waals surface area (Å²) in [6.07, 6.45) is 3.93. The van der Waals surface area contributed by atoms with E-state index in [4.69, 9.17) is 4.74 Å². The van der Waals surface area contributed by atoms with Crippen molar-refractivity contribution in [2.75, 3.05) is 50.2 Å². The van der Waals surface area contributed by atoms with Crippen LogP contribution >= 0.6 is 0 Å². The first kappa shape index (κ1) is 19.8. The molecular weight excluding hydrogens is 382 g/mol. The summed E-state index contributed by atoms with van der Waals surface area (Å²) in [7, 11) is 3.76. The molecule has 4 rings (SSSR count). The van der Waals surface area contributed by atoms with Crippen molar-refractivity contribution in [1.29, 1.82) is 0 Å². The maximum absolute atomic E-state index is 12.6. The summed E-state index contributed by atoms with van der Waals surface area (Å²) >= 11 is 0. The second kappa shape index (κ2) is 8.91. The fourth-order valence-electron chi connectivity index (χ4n) is 3.13. The quantitative estimate of drug-likeness (QED) is 0.662. The number of benzene rings is 1. The second-order valence-electron chi connectivity index (χ2n) is 7.17. The van der Waals surface area contributed by atoms with E-state index in [0.717, 1.165) is 18.8 Å². The summed E-state index contributed by atoms with van der Waals surface area (Å²) in [6.45, 7) is 2.98. The Balaban J connectivity index is 1.45. The number of hydrogen-bond acceptors (Lipinski definition) is 7. The topological polar surface area (TPSA) is 88.4 Å². The lowest BCUT2D eigenvalue weighted by Crippen LogP contribution is -2.38. The molecule has 9 heteroatoms. The third kappa shape index (κ3) is 4.57. The molecule has 3 aromatic rings. The molecule has 9 nitrogen and oxygen atoms in total. The number of hydrogen-bond donors (Lipinski definition) is 1. The van der Waals surface area contributed by atoms with Crippen LogP contribution in [-0.2, 0) is 11.3 Å². The predicted molar refractivity (Wildman–Crippen MR) is 114 cm³/mol. The molecule has 1 fully saturated rings. The minimum atomic E-state index is -0.172. The number of rotatable bonds is 6. The summed E-state index contributed by atoms with van der Waals surface area (Å²) in [4.78, 5) is 30.1. The van der Waals surface area contributed by atoms with Gasteiger partial charge in [-0.05, 0) is 36.4 Å². The van der Waals surface area contributed by atoms with Gasteiger partial charge in [0.1, 0.15) is 0 Å². The molecule has 0 radical (unpaired) electrons. The molecule has 0 atom stereocenters. The Morgan fingerprint density at radius 2 is 1.77 bits per heavy atom. The first-order valence-electron chi connectivity index (χ1n) is 9.87. The summed E-state index contributed by atoms with van der Waals surface area (Å²) in [5.41, 5.74) is 1.58. The van der Waals surface area contributed by atoms with Gasteiger partial charge in [0.25, 0.3) is 5.91 Å². The highest BCUT2D eigenvalue weighted by molar-refractivity contribution is 5.94. The van der Waals surface area contributed by atoms with E-state index in [9.17, 15) is 4.79 Å². The number of aromatic nitrogens is 4. The van der Waals surface area contributed by atoms with Gasteiger partial charge in [-0.1, -0.05) is 0 Å². The number of carbonyl (C=O) groups excluding carboxylic acids is 1. The van der Waals surface area contributed by atoms with E-state index in [1.807, 2.05) is 72.4 Å². The van der Waals surface area contributed by atoms with Gasteiger partial charge < -0.3 is 24.4 Å². The highest BCUT2D eigenvalue weighted by Gasteiger charge is 2.17. The Morgan fingerprint density at radius 3 is 2.43 bits per heavy atom. The SMILES string of the molecule is CN(C)c1nc(CNC(=O)c2ccc(-n3cccc3)cc2)nc(N2CCOCC2)n1. The van der Waals surface area contributed by atoms with Crippen LogP contribution in [0.25, 0.3) is 5.69 Å². The van der Waals surface area contributed by atoms with Crippen LogP contribution in [0.2, 0.25) is 0 Å². The third-order valence-electron chi connectivity index (χ3n) is 4.79. The van der Waals surface area contributed by atoms with Crippen molar-refractivity contribution in [3.8, 4) is 5.69 Å². The minimum Gasteiger partial charge on any atom is -0.378 e. The average Bonchev–Trinajstić information content (AvgIpc) is 3.33.